The Balaban J connectivity index is 1.54. The van der Waals surface area contributed by atoms with Gasteiger partial charge < -0.3 is 9.15 Å². The third kappa shape index (κ3) is 2.21. The molecular weight excluding hydrogens is 302 g/mol. The van der Waals surface area contributed by atoms with E-state index < -0.39 is 0 Å². The number of nitrogens with zero attached hydrogens (tertiary/aromatic N) is 1. The van der Waals surface area contributed by atoms with E-state index in [0.717, 1.165) is 12.3 Å². The highest BCUT2D eigenvalue weighted by Crippen LogP contribution is 2.31. The van der Waals surface area contributed by atoms with Gasteiger partial charge in [-0.1, -0.05) is 12.1 Å². The predicted octanol–water partition coefficient (Wildman–Crippen LogP) is 3.42. The van der Waals surface area contributed by atoms with Crippen molar-refractivity contribution in [1.29, 1.82) is 0 Å². The molecule has 0 saturated carbocycles. The van der Waals surface area contributed by atoms with E-state index in [1.807, 2.05) is 42.5 Å². The molecule has 3 fully saturated rings. The molecule has 0 N–H and O–H groups in total. The summed E-state index contributed by atoms with van der Waals surface area (Å²) >= 11 is 0. The smallest absolute Gasteiger partial charge is 0.200 e. The highest BCUT2D eigenvalue weighted by Gasteiger charge is 2.35. The summed E-state index contributed by atoms with van der Waals surface area (Å²) < 4.78 is 12.1. The number of ether oxygens (including phenoxy) is 1. The Bertz CT molecular complexity index is 969. The molecule has 2 bridgehead atoms. The molecule has 24 heavy (non-hydrogen) atoms. The lowest BCUT2D eigenvalue weighted by Crippen LogP contribution is -2.52. The van der Waals surface area contributed by atoms with Crippen LogP contribution in [0, 0.1) is 5.92 Å². The van der Waals surface area contributed by atoms with Crippen LogP contribution in [0.1, 0.15) is 12.8 Å². The van der Waals surface area contributed by atoms with Gasteiger partial charge in [-0.2, -0.15) is 0 Å². The molecule has 3 aliphatic rings. The highest BCUT2D eigenvalue weighted by atomic mass is 16.5. The molecule has 0 radical (unpaired) electrons. The van der Waals surface area contributed by atoms with Crippen LogP contribution in [0.25, 0.3) is 21.9 Å². The average molecular weight is 321 g/mol. The van der Waals surface area contributed by atoms with Crippen molar-refractivity contribution in [1.82, 2.24) is 4.90 Å². The number of piperidine rings is 3. The van der Waals surface area contributed by atoms with Crippen LogP contribution >= 0.6 is 0 Å². The largest absolute Gasteiger partial charge is 0.489 e. The number of para-hydroxylation sites is 1. The van der Waals surface area contributed by atoms with E-state index in [2.05, 4.69) is 4.90 Å². The molecule has 4 nitrogen and oxygen atoms in total. The summed E-state index contributed by atoms with van der Waals surface area (Å²) in [5.74, 6) is 1.41. The lowest BCUT2D eigenvalue weighted by Gasteiger charge is -2.44. The number of benzene rings is 2. The van der Waals surface area contributed by atoms with E-state index >= 15 is 0 Å². The van der Waals surface area contributed by atoms with Crippen LogP contribution in [-0.4, -0.2) is 30.6 Å². The Morgan fingerprint density at radius 2 is 1.79 bits per heavy atom. The lowest BCUT2D eigenvalue weighted by molar-refractivity contribution is -0.00770. The molecule has 6 rings (SSSR count). The molecule has 3 aromatic rings. The van der Waals surface area contributed by atoms with Gasteiger partial charge in [0.2, 0.25) is 5.43 Å². The molecule has 4 heterocycles. The standard InChI is InChI=1S/C20H19NO3/c22-20-15-3-1-2-4-17(15)24-18-6-5-14(11-16(18)20)23-19-12-21-9-7-13(19)8-10-21/h1-6,11,13,19H,7-10,12H2/t19-/m0/s1. The quantitative estimate of drug-likeness (QED) is 0.678. The summed E-state index contributed by atoms with van der Waals surface area (Å²) in [4.78, 5) is 15.2. The second kappa shape index (κ2) is 5.35. The Hall–Kier alpha value is -2.33. The fourth-order valence-corrected chi connectivity index (χ4v) is 4.07. The summed E-state index contributed by atoms with van der Waals surface area (Å²) in [5, 5.41) is 1.21. The van der Waals surface area contributed by atoms with Crippen LogP contribution < -0.4 is 10.2 Å². The van der Waals surface area contributed by atoms with Gasteiger partial charge in [-0.15, -0.1) is 0 Å². The normalized spacial score (nSPS) is 26.1. The first kappa shape index (κ1) is 14.1. The van der Waals surface area contributed by atoms with Crippen LogP contribution in [0.3, 0.4) is 0 Å². The summed E-state index contributed by atoms with van der Waals surface area (Å²) in [6.07, 6.45) is 2.66. The molecule has 2 aromatic carbocycles. The third-order valence-electron chi connectivity index (χ3n) is 5.43. The molecule has 0 spiro atoms. The van der Waals surface area contributed by atoms with Gasteiger partial charge in [-0.3, -0.25) is 9.69 Å². The van der Waals surface area contributed by atoms with Gasteiger partial charge in [-0.25, -0.2) is 0 Å². The predicted molar refractivity (Wildman–Crippen MR) is 93.6 cm³/mol. The molecule has 0 amide bonds. The van der Waals surface area contributed by atoms with Gasteiger partial charge in [0.15, 0.2) is 0 Å². The fraction of sp³-hybridized carbons (Fsp3) is 0.350. The molecule has 0 unspecified atom stereocenters. The van der Waals surface area contributed by atoms with Gasteiger partial charge in [0, 0.05) is 6.54 Å². The Morgan fingerprint density at radius 3 is 2.58 bits per heavy atom. The second-order valence-corrected chi connectivity index (χ2v) is 6.88. The summed E-state index contributed by atoms with van der Waals surface area (Å²) in [5.41, 5.74) is 1.24. The van der Waals surface area contributed by atoms with Gasteiger partial charge in [-0.05, 0) is 62.2 Å². The number of hydrogen-bond acceptors (Lipinski definition) is 4. The second-order valence-electron chi connectivity index (χ2n) is 6.88. The van der Waals surface area contributed by atoms with E-state index in [0.29, 0.717) is 27.9 Å². The van der Waals surface area contributed by atoms with Crippen molar-refractivity contribution >= 4 is 21.9 Å². The zero-order valence-corrected chi connectivity index (χ0v) is 13.4. The maximum absolute atomic E-state index is 12.7. The Labute approximate surface area is 139 Å². The Kier molecular flexibility index (Phi) is 3.13. The molecule has 4 heteroatoms. The minimum absolute atomic E-state index is 0.00575. The van der Waals surface area contributed by atoms with Crippen molar-refractivity contribution in [3.8, 4) is 5.75 Å². The summed E-state index contributed by atoms with van der Waals surface area (Å²) in [7, 11) is 0. The van der Waals surface area contributed by atoms with Crippen molar-refractivity contribution in [2.45, 2.75) is 18.9 Å². The zero-order valence-electron chi connectivity index (χ0n) is 13.4. The first-order valence-electron chi connectivity index (χ1n) is 8.62. The third-order valence-corrected chi connectivity index (χ3v) is 5.43. The lowest BCUT2D eigenvalue weighted by atomic mass is 9.86. The van der Waals surface area contributed by atoms with E-state index in [9.17, 15) is 4.79 Å². The monoisotopic (exact) mass is 321 g/mol. The van der Waals surface area contributed by atoms with Crippen molar-refractivity contribution in [3.05, 3.63) is 52.7 Å². The minimum Gasteiger partial charge on any atom is -0.489 e. The maximum atomic E-state index is 12.7. The zero-order chi connectivity index (χ0) is 16.1. The van der Waals surface area contributed by atoms with Gasteiger partial charge in [0.25, 0.3) is 0 Å². The number of fused-ring (bicyclic) bond motifs is 5. The molecular formula is C20H19NO3. The number of hydrogen-bond donors (Lipinski definition) is 0. The van der Waals surface area contributed by atoms with Crippen LogP contribution in [0.2, 0.25) is 0 Å². The van der Waals surface area contributed by atoms with Gasteiger partial charge in [0.05, 0.1) is 10.8 Å². The van der Waals surface area contributed by atoms with Gasteiger partial charge in [0.1, 0.15) is 23.0 Å². The van der Waals surface area contributed by atoms with Gasteiger partial charge >= 0.3 is 0 Å². The van der Waals surface area contributed by atoms with Crippen molar-refractivity contribution in [3.63, 3.8) is 0 Å². The summed E-state index contributed by atoms with van der Waals surface area (Å²) in [6, 6.07) is 13.0. The molecule has 3 saturated heterocycles. The molecule has 0 aliphatic carbocycles. The van der Waals surface area contributed by atoms with Crippen molar-refractivity contribution in [2.24, 2.45) is 5.92 Å². The molecule has 3 aliphatic heterocycles. The fourth-order valence-electron chi connectivity index (χ4n) is 4.07. The summed E-state index contributed by atoms with van der Waals surface area (Å²) in [6.45, 7) is 3.38. The maximum Gasteiger partial charge on any atom is 0.200 e. The van der Waals surface area contributed by atoms with E-state index in [1.165, 1.54) is 25.9 Å². The minimum atomic E-state index is 0.00575. The molecule has 1 atom stereocenters. The first-order chi connectivity index (χ1) is 11.8. The highest BCUT2D eigenvalue weighted by molar-refractivity contribution is 5.90. The van der Waals surface area contributed by atoms with E-state index in [-0.39, 0.29) is 11.5 Å². The van der Waals surface area contributed by atoms with Crippen molar-refractivity contribution in [2.75, 3.05) is 19.6 Å². The van der Waals surface area contributed by atoms with Crippen LogP contribution in [0.5, 0.6) is 5.75 Å². The number of rotatable bonds is 2. The molecule has 1 aromatic heterocycles. The van der Waals surface area contributed by atoms with E-state index in [1.54, 1.807) is 0 Å². The van der Waals surface area contributed by atoms with Crippen LogP contribution in [0.4, 0.5) is 0 Å². The van der Waals surface area contributed by atoms with Crippen molar-refractivity contribution < 1.29 is 9.15 Å². The average Bonchev–Trinajstić information content (AvgIpc) is 2.64. The van der Waals surface area contributed by atoms with E-state index in [4.69, 9.17) is 9.15 Å². The Morgan fingerprint density at radius 1 is 1.00 bits per heavy atom. The first-order valence-corrected chi connectivity index (χ1v) is 8.62. The van der Waals surface area contributed by atoms with Crippen LogP contribution in [-0.2, 0) is 0 Å². The SMILES string of the molecule is O=c1c2ccccc2oc2ccc(O[C@H]3CN4CCC3CC4)cc12. The van der Waals surface area contributed by atoms with Crippen LogP contribution in [0.15, 0.2) is 51.7 Å². The molecule has 122 valence electrons. The topological polar surface area (TPSA) is 42.7 Å².